The molecule has 0 heterocycles. The van der Waals surface area contributed by atoms with Gasteiger partial charge in [0, 0.05) is 0 Å². The van der Waals surface area contributed by atoms with Gasteiger partial charge >= 0.3 is 0 Å². The lowest BCUT2D eigenvalue weighted by Crippen LogP contribution is -2.58. The minimum absolute atomic E-state index is 0.438. The van der Waals surface area contributed by atoms with Crippen molar-refractivity contribution in [3.05, 3.63) is 0 Å². The van der Waals surface area contributed by atoms with E-state index in [1.807, 2.05) is 0 Å². The molecule has 22 heavy (non-hydrogen) atoms. The Morgan fingerprint density at radius 1 is 0.727 bits per heavy atom. The standard InChI is InChI=1S/C20H34BCl/c1-11-15-7-13(19(15,3)4)9-17(11)21(22)18-10-14-8-16(12(18)2)20(14,5)6/h11-18H,7-10H2,1-6H3/t11-,12-,13+,14+,15-,16-,17-,18?/m0/s1. The van der Waals surface area contributed by atoms with Gasteiger partial charge in [-0.25, -0.2) is 0 Å². The normalized spacial score (nSPS) is 54.1. The van der Waals surface area contributed by atoms with Gasteiger partial charge < -0.3 is 0 Å². The third kappa shape index (κ3) is 1.84. The first-order valence-electron chi connectivity index (χ1n) is 9.79. The molecule has 4 bridgehead atoms. The highest BCUT2D eigenvalue weighted by molar-refractivity contribution is 7.08. The number of rotatable bonds is 2. The summed E-state index contributed by atoms with van der Waals surface area (Å²) in [6.07, 6.45) is 6.20. The molecular formula is C20H34BCl. The van der Waals surface area contributed by atoms with E-state index in [1.54, 1.807) is 0 Å². The molecule has 1 unspecified atom stereocenters. The van der Waals surface area contributed by atoms with E-state index in [4.69, 9.17) is 11.5 Å². The van der Waals surface area contributed by atoms with Crippen LogP contribution in [0, 0.1) is 46.3 Å². The minimum atomic E-state index is 0.438. The Balaban J connectivity index is 1.49. The Morgan fingerprint density at radius 2 is 1.09 bits per heavy atom. The summed E-state index contributed by atoms with van der Waals surface area (Å²) in [5.41, 5.74) is 1.18. The highest BCUT2D eigenvalue weighted by Crippen LogP contribution is 2.69. The molecule has 0 spiro atoms. The van der Waals surface area contributed by atoms with E-state index in [0.29, 0.717) is 17.0 Å². The number of halogens is 1. The van der Waals surface area contributed by atoms with Crippen molar-refractivity contribution < 1.29 is 0 Å². The fraction of sp³-hybridized carbons (Fsp3) is 1.00. The zero-order valence-electron chi connectivity index (χ0n) is 15.4. The SMILES string of the molecule is C[C@@H]1[C@@H](B(Cl)C2C[C@H]3C[C@@H]([C@@H]2C)C3(C)C)C[C@H]2C[C@@H]1C2(C)C. The Bertz CT molecular complexity index is 428. The lowest BCUT2D eigenvalue weighted by atomic mass is 9.30. The smallest absolute Gasteiger partial charge is 0.195 e. The first kappa shape index (κ1) is 15.9. The lowest BCUT2D eigenvalue weighted by Gasteiger charge is -2.65. The maximum absolute atomic E-state index is 7.19. The maximum Gasteiger partial charge on any atom is 0.257 e. The maximum atomic E-state index is 7.19. The van der Waals surface area contributed by atoms with Gasteiger partial charge in [-0.1, -0.05) is 54.4 Å². The van der Waals surface area contributed by atoms with Crippen molar-refractivity contribution in [3.63, 3.8) is 0 Å². The predicted octanol–water partition coefficient (Wildman–Crippen LogP) is 6.36. The summed E-state index contributed by atoms with van der Waals surface area (Å²) < 4.78 is 0. The summed E-state index contributed by atoms with van der Waals surface area (Å²) in [6.45, 7) is 15.0. The van der Waals surface area contributed by atoms with Gasteiger partial charge in [0.15, 0.2) is 0 Å². The van der Waals surface area contributed by atoms with Crippen molar-refractivity contribution in [2.45, 2.75) is 78.9 Å². The fourth-order valence-electron chi connectivity index (χ4n) is 7.54. The molecule has 0 saturated heterocycles. The lowest BCUT2D eigenvalue weighted by molar-refractivity contribution is -0.106. The molecule has 0 aromatic carbocycles. The largest absolute Gasteiger partial charge is 0.257 e. The van der Waals surface area contributed by atoms with Crippen LogP contribution in [0.25, 0.3) is 0 Å². The van der Waals surface area contributed by atoms with Gasteiger partial charge in [0.05, 0.1) is 0 Å². The van der Waals surface area contributed by atoms with Gasteiger partial charge in [-0.3, -0.25) is 0 Å². The molecule has 0 aromatic heterocycles. The molecule has 6 aliphatic carbocycles. The molecule has 6 saturated carbocycles. The Labute approximate surface area is 143 Å². The number of hydrogen-bond acceptors (Lipinski definition) is 0. The second-order valence-corrected chi connectivity index (χ2v) is 11.2. The first-order chi connectivity index (χ1) is 10.2. The van der Waals surface area contributed by atoms with Crippen molar-refractivity contribution >= 4 is 17.6 Å². The molecule has 0 aromatic rings. The first-order valence-corrected chi connectivity index (χ1v) is 10.2. The van der Waals surface area contributed by atoms with E-state index >= 15 is 0 Å². The molecule has 6 fully saturated rings. The van der Waals surface area contributed by atoms with E-state index in [9.17, 15) is 0 Å². The molecule has 2 heteroatoms. The quantitative estimate of drug-likeness (QED) is 0.519. The molecule has 6 rings (SSSR count). The molecule has 0 nitrogen and oxygen atoms in total. The predicted molar refractivity (Wildman–Crippen MR) is 97.4 cm³/mol. The Kier molecular flexibility index (Phi) is 3.39. The van der Waals surface area contributed by atoms with E-state index in [0.717, 1.165) is 47.1 Å². The van der Waals surface area contributed by atoms with Crippen LogP contribution in [0.1, 0.15) is 67.2 Å². The summed E-state index contributed by atoms with van der Waals surface area (Å²) >= 11 is 7.19. The van der Waals surface area contributed by atoms with Crippen LogP contribution < -0.4 is 0 Å². The second-order valence-electron chi connectivity index (χ2n) is 10.7. The Hall–Kier alpha value is 0.355. The molecule has 0 aliphatic heterocycles. The van der Waals surface area contributed by atoms with E-state index in [1.165, 1.54) is 25.7 Å². The van der Waals surface area contributed by atoms with Crippen LogP contribution in [0.2, 0.25) is 11.6 Å². The molecule has 0 N–H and O–H groups in total. The molecule has 124 valence electrons. The highest BCUT2D eigenvalue weighted by Gasteiger charge is 2.62. The summed E-state index contributed by atoms with van der Waals surface area (Å²) in [4.78, 5) is 0. The van der Waals surface area contributed by atoms with Gasteiger partial charge in [-0.15, -0.1) is 0 Å². The van der Waals surface area contributed by atoms with E-state index < -0.39 is 0 Å². The molecule has 8 atom stereocenters. The van der Waals surface area contributed by atoms with Gasteiger partial charge in [-0.05, 0) is 70.8 Å². The summed E-state index contributed by atoms with van der Waals surface area (Å²) in [7, 11) is 0. The molecular weight excluding hydrogens is 286 g/mol. The van der Waals surface area contributed by atoms with Gasteiger partial charge in [0.2, 0.25) is 0 Å². The second kappa shape index (κ2) is 4.71. The van der Waals surface area contributed by atoms with Crippen molar-refractivity contribution in [1.29, 1.82) is 0 Å². The highest BCUT2D eigenvalue weighted by atomic mass is 35.5. The molecule has 0 radical (unpaired) electrons. The summed E-state index contributed by atoms with van der Waals surface area (Å²) in [5, 5.41) is 0. The van der Waals surface area contributed by atoms with Crippen LogP contribution in [-0.4, -0.2) is 6.13 Å². The summed E-state index contributed by atoms with van der Waals surface area (Å²) in [6, 6.07) is 0. The van der Waals surface area contributed by atoms with Crippen molar-refractivity contribution in [2.24, 2.45) is 46.3 Å². The van der Waals surface area contributed by atoms with E-state index in [2.05, 4.69) is 41.5 Å². The van der Waals surface area contributed by atoms with Crippen molar-refractivity contribution in [2.75, 3.05) is 0 Å². The van der Waals surface area contributed by atoms with Crippen LogP contribution in [0.3, 0.4) is 0 Å². The van der Waals surface area contributed by atoms with Crippen LogP contribution >= 0.6 is 11.5 Å². The van der Waals surface area contributed by atoms with Crippen molar-refractivity contribution in [1.82, 2.24) is 0 Å². The van der Waals surface area contributed by atoms with Crippen LogP contribution in [0.15, 0.2) is 0 Å². The van der Waals surface area contributed by atoms with Gasteiger partial charge in [0.25, 0.3) is 6.13 Å². The topological polar surface area (TPSA) is 0 Å². The minimum Gasteiger partial charge on any atom is -0.195 e. The average Bonchev–Trinajstić information content (AvgIpc) is 2.45. The number of fused-ring (bicyclic) bond motifs is 4. The fourth-order valence-corrected chi connectivity index (χ4v) is 8.20. The Morgan fingerprint density at radius 3 is 1.36 bits per heavy atom. The zero-order chi connectivity index (χ0) is 16.0. The van der Waals surface area contributed by atoms with Crippen LogP contribution in [-0.2, 0) is 0 Å². The van der Waals surface area contributed by atoms with Crippen LogP contribution in [0.4, 0.5) is 0 Å². The van der Waals surface area contributed by atoms with Crippen LogP contribution in [0.5, 0.6) is 0 Å². The average molecular weight is 321 g/mol. The van der Waals surface area contributed by atoms with E-state index in [-0.39, 0.29) is 0 Å². The summed E-state index contributed by atoms with van der Waals surface area (Å²) in [5.74, 6) is 7.00. The van der Waals surface area contributed by atoms with Gasteiger partial charge in [-0.2, -0.15) is 11.5 Å². The zero-order valence-corrected chi connectivity index (χ0v) is 16.2. The monoisotopic (exact) mass is 320 g/mol. The number of hydrogen-bond donors (Lipinski definition) is 0. The molecule has 6 aliphatic rings. The van der Waals surface area contributed by atoms with Crippen molar-refractivity contribution in [3.8, 4) is 0 Å². The third-order valence-electron chi connectivity index (χ3n) is 9.64. The van der Waals surface area contributed by atoms with Gasteiger partial charge in [0.1, 0.15) is 0 Å². The molecule has 0 amide bonds. The third-order valence-corrected chi connectivity index (χ3v) is 10.3.